The second-order valence-electron chi connectivity index (χ2n) is 6.26. The molecule has 4 heteroatoms. The second-order valence-corrected chi connectivity index (χ2v) is 6.26. The molecule has 0 radical (unpaired) electrons. The van der Waals surface area contributed by atoms with Crippen LogP contribution in [0.5, 0.6) is 0 Å². The van der Waals surface area contributed by atoms with Crippen LogP contribution in [0, 0.1) is 5.92 Å². The number of hydrogen-bond acceptors (Lipinski definition) is 3. The van der Waals surface area contributed by atoms with E-state index in [4.69, 9.17) is 0 Å². The first-order valence-electron chi connectivity index (χ1n) is 7.99. The smallest absolute Gasteiger partial charge is 0.256 e. The molecule has 1 saturated carbocycles. The lowest BCUT2D eigenvalue weighted by Gasteiger charge is -2.33. The first-order chi connectivity index (χ1) is 10.2. The molecule has 114 valence electrons. The molecule has 2 fully saturated rings. The molecule has 0 spiro atoms. The number of benzene rings is 1. The number of likely N-dealkylation sites (tertiary alicyclic amines) is 1. The molecule has 0 aromatic heterocycles. The average molecular weight is 288 g/mol. The maximum absolute atomic E-state index is 12.3. The molecule has 1 amide bonds. The number of amides is 1. The lowest BCUT2D eigenvalue weighted by atomic mass is 10.0. The van der Waals surface area contributed by atoms with Crippen LogP contribution in [-0.2, 0) is 4.79 Å². The van der Waals surface area contributed by atoms with Gasteiger partial charge < -0.3 is 15.3 Å². The van der Waals surface area contributed by atoms with E-state index in [1.165, 1.54) is 12.8 Å². The molecule has 1 aromatic rings. The van der Waals surface area contributed by atoms with Crippen molar-refractivity contribution in [1.29, 1.82) is 0 Å². The highest BCUT2D eigenvalue weighted by Crippen LogP contribution is 2.28. The largest absolute Gasteiger partial charge is 0.378 e. The van der Waals surface area contributed by atoms with Gasteiger partial charge in [-0.2, -0.15) is 0 Å². The van der Waals surface area contributed by atoms with Gasteiger partial charge in [-0.15, -0.1) is 0 Å². The van der Waals surface area contributed by atoms with E-state index in [2.05, 4.69) is 5.32 Å². The van der Waals surface area contributed by atoms with Crippen LogP contribution in [0.25, 0.3) is 0 Å². The molecule has 1 unspecified atom stereocenters. The summed E-state index contributed by atoms with van der Waals surface area (Å²) in [6.45, 7) is 2.61. The molecule has 21 heavy (non-hydrogen) atoms. The fourth-order valence-electron chi connectivity index (χ4n) is 2.91. The van der Waals surface area contributed by atoms with E-state index in [-0.39, 0.29) is 5.91 Å². The Labute approximate surface area is 126 Å². The molecule has 3 rings (SSSR count). The first kappa shape index (κ1) is 14.5. The van der Waals surface area contributed by atoms with Crippen LogP contribution in [-0.4, -0.2) is 41.6 Å². The third kappa shape index (κ3) is 3.83. The Kier molecular flexibility index (Phi) is 4.56. The SMILES string of the molecule is O=C(C(O)c1ccccc1)N1CCC(NCC2CC2)CC1. The predicted octanol–water partition coefficient (Wildman–Crippen LogP) is 1.71. The van der Waals surface area contributed by atoms with Gasteiger partial charge in [0.25, 0.3) is 5.91 Å². The zero-order valence-corrected chi connectivity index (χ0v) is 12.4. The number of nitrogens with one attached hydrogen (secondary N) is 1. The van der Waals surface area contributed by atoms with Crippen molar-refractivity contribution in [2.75, 3.05) is 19.6 Å². The Morgan fingerprint density at radius 1 is 1.19 bits per heavy atom. The zero-order chi connectivity index (χ0) is 14.7. The van der Waals surface area contributed by atoms with Crippen LogP contribution in [0.2, 0.25) is 0 Å². The number of aliphatic hydroxyl groups excluding tert-OH is 1. The zero-order valence-electron chi connectivity index (χ0n) is 12.4. The van der Waals surface area contributed by atoms with Gasteiger partial charge in [0.2, 0.25) is 0 Å². The van der Waals surface area contributed by atoms with E-state index in [0.29, 0.717) is 11.6 Å². The monoisotopic (exact) mass is 288 g/mol. The summed E-state index contributed by atoms with van der Waals surface area (Å²) in [6, 6.07) is 9.71. The highest BCUT2D eigenvalue weighted by Gasteiger charge is 2.29. The van der Waals surface area contributed by atoms with Crippen molar-refractivity contribution in [2.45, 2.75) is 37.8 Å². The van der Waals surface area contributed by atoms with Gasteiger partial charge in [0.05, 0.1) is 0 Å². The number of carbonyl (C=O) groups is 1. The third-order valence-corrected chi connectivity index (χ3v) is 4.55. The van der Waals surface area contributed by atoms with Crippen molar-refractivity contribution in [1.82, 2.24) is 10.2 Å². The molecule has 1 atom stereocenters. The van der Waals surface area contributed by atoms with E-state index in [9.17, 15) is 9.90 Å². The maximum atomic E-state index is 12.3. The number of hydrogen-bond donors (Lipinski definition) is 2. The lowest BCUT2D eigenvalue weighted by Crippen LogP contribution is -2.46. The minimum absolute atomic E-state index is 0.165. The first-order valence-corrected chi connectivity index (χ1v) is 7.99. The molecular formula is C17H24N2O2. The van der Waals surface area contributed by atoms with Crippen molar-refractivity contribution < 1.29 is 9.90 Å². The summed E-state index contributed by atoms with van der Waals surface area (Å²) >= 11 is 0. The number of nitrogens with zero attached hydrogens (tertiary/aromatic N) is 1. The van der Waals surface area contributed by atoms with Gasteiger partial charge in [-0.3, -0.25) is 4.79 Å². The molecule has 1 saturated heterocycles. The fourth-order valence-corrected chi connectivity index (χ4v) is 2.91. The van der Waals surface area contributed by atoms with Crippen LogP contribution in [0.3, 0.4) is 0 Å². The van der Waals surface area contributed by atoms with Crippen LogP contribution >= 0.6 is 0 Å². The number of rotatable bonds is 5. The molecule has 1 aliphatic heterocycles. The Hall–Kier alpha value is -1.39. The second kappa shape index (κ2) is 6.58. The van der Waals surface area contributed by atoms with Crippen LogP contribution in [0.4, 0.5) is 0 Å². The van der Waals surface area contributed by atoms with Crippen LogP contribution in [0.1, 0.15) is 37.4 Å². The minimum atomic E-state index is -1.03. The Morgan fingerprint density at radius 3 is 2.48 bits per heavy atom. The quantitative estimate of drug-likeness (QED) is 0.867. The highest BCUT2D eigenvalue weighted by atomic mass is 16.3. The predicted molar refractivity (Wildman–Crippen MR) is 81.7 cm³/mol. The molecule has 2 N–H and O–H groups in total. The third-order valence-electron chi connectivity index (χ3n) is 4.55. The topological polar surface area (TPSA) is 52.6 Å². The van der Waals surface area contributed by atoms with Crippen molar-refractivity contribution in [3.05, 3.63) is 35.9 Å². The minimum Gasteiger partial charge on any atom is -0.378 e. The molecule has 0 bridgehead atoms. The van der Waals surface area contributed by atoms with Crippen LogP contribution < -0.4 is 5.32 Å². The number of piperidine rings is 1. The molecular weight excluding hydrogens is 264 g/mol. The molecule has 4 nitrogen and oxygen atoms in total. The molecule has 1 aromatic carbocycles. The highest BCUT2D eigenvalue weighted by molar-refractivity contribution is 5.82. The summed E-state index contributed by atoms with van der Waals surface area (Å²) in [5, 5.41) is 13.8. The van der Waals surface area contributed by atoms with Crippen LogP contribution in [0.15, 0.2) is 30.3 Å². The number of carbonyl (C=O) groups excluding carboxylic acids is 1. The van der Waals surface area contributed by atoms with Crippen molar-refractivity contribution in [3.8, 4) is 0 Å². The number of aliphatic hydroxyl groups is 1. The fraction of sp³-hybridized carbons (Fsp3) is 0.588. The maximum Gasteiger partial charge on any atom is 0.256 e. The van der Waals surface area contributed by atoms with E-state index >= 15 is 0 Å². The van der Waals surface area contributed by atoms with Gasteiger partial charge in [-0.05, 0) is 43.7 Å². The summed E-state index contributed by atoms with van der Waals surface area (Å²) < 4.78 is 0. The van der Waals surface area contributed by atoms with Gasteiger partial charge in [-0.25, -0.2) is 0 Å². The Bertz CT molecular complexity index is 465. The van der Waals surface area contributed by atoms with E-state index < -0.39 is 6.10 Å². The molecule has 1 heterocycles. The lowest BCUT2D eigenvalue weighted by molar-refractivity contribution is -0.141. The van der Waals surface area contributed by atoms with E-state index in [1.54, 1.807) is 17.0 Å². The van der Waals surface area contributed by atoms with Gasteiger partial charge >= 0.3 is 0 Å². The van der Waals surface area contributed by atoms with Gasteiger partial charge in [-0.1, -0.05) is 30.3 Å². The average Bonchev–Trinajstić information content (AvgIpc) is 3.37. The van der Waals surface area contributed by atoms with E-state index in [1.807, 2.05) is 18.2 Å². The van der Waals surface area contributed by atoms with E-state index in [0.717, 1.165) is 38.4 Å². The van der Waals surface area contributed by atoms with Crippen molar-refractivity contribution >= 4 is 5.91 Å². The Balaban J connectivity index is 1.47. The summed E-state index contributed by atoms with van der Waals surface area (Å²) in [7, 11) is 0. The van der Waals surface area contributed by atoms with Crippen molar-refractivity contribution in [2.24, 2.45) is 5.92 Å². The van der Waals surface area contributed by atoms with Gasteiger partial charge in [0, 0.05) is 19.1 Å². The van der Waals surface area contributed by atoms with Gasteiger partial charge in [0.15, 0.2) is 6.10 Å². The summed E-state index contributed by atoms with van der Waals surface area (Å²) in [4.78, 5) is 14.1. The summed E-state index contributed by atoms with van der Waals surface area (Å²) in [6.07, 6.45) is 3.68. The molecule has 1 aliphatic carbocycles. The normalized spacial score (nSPS) is 21.3. The molecule has 2 aliphatic rings. The van der Waals surface area contributed by atoms with Gasteiger partial charge in [0.1, 0.15) is 0 Å². The van der Waals surface area contributed by atoms with Crippen molar-refractivity contribution in [3.63, 3.8) is 0 Å². The summed E-state index contributed by atoms with van der Waals surface area (Å²) in [5.74, 6) is 0.728. The summed E-state index contributed by atoms with van der Waals surface area (Å²) in [5.41, 5.74) is 0.677. The standard InChI is InChI=1S/C17H24N2O2/c20-16(14-4-2-1-3-5-14)17(21)19-10-8-15(9-11-19)18-12-13-6-7-13/h1-5,13,15-16,18,20H,6-12H2. The Morgan fingerprint density at radius 2 is 1.86 bits per heavy atom.